The Balaban J connectivity index is 1.33. The fourth-order valence-corrected chi connectivity index (χ4v) is 4.69. The van der Waals surface area contributed by atoms with E-state index in [-0.39, 0.29) is 6.10 Å². The van der Waals surface area contributed by atoms with E-state index in [1.165, 1.54) is 0 Å². The smallest absolute Gasteiger partial charge is 0.166 e. The molecule has 9 nitrogen and oxygen atoms in total. The highest BCUT2D eigenvalue weighted by Gasteiger charge is 2.36. The van der Waals surface area contributed by atoms with Crippen LogP contribution in [0.15, 0.2) is 30.6 Å². The highest BCUT2D eigenvalue weighted by Crippen LogP contribution is 2.41. The molecule has 2 bridgehead atoms. The van der Waals surface area contributed by atoms with E-state index in [2.05, 4.69) is 21.0 Å². The lowest BCUT2D eigenvalue weighted by Crippen LogP contribution is -2.54. The van der Waals surface area contributed by atoms with Crippen molar-refractivity contribution in [1.82, 2.24) is 24.7 Å². The van der Waals surface area contributed by atoms with Crippen LogP contribution in [0, 0.1) is 0 Å². The van der Waals surface area contributed by atoms with Gasteiger partial charge in [-0.3, -0.25) is 4.68 Å². The first-order chi connectivity index (χ1) is 16.0. The maximum Gasteiger partial charge on any atom is 0.166 e. The number of nitrogens with two attached hydrogens (primary N) is 1. The van der Waals surface area contributed by atoms with Crippen LogP contribution in [0.4, 0.5) is 11.6 Å². The summed E-state index contributed by atoms with van der Waals surface area (Å²) in [5.41, 5.74) is 8.72. The quantitative estimate of drug-likeness (QED) is 0.614. The summed E-state index contributed by atoms with van der Waals surface area (Å²) < 4.78 is 13.8. The van der Waals surface area contributed by atoms with Crippen molar-refractivity contribution in [2.45, 2.75) is 56.8 Å². The Bertz CT molecular complexity index is 1170. The molecule has 0 aromatic carbocycles. The number of ether oxygens (including phenoxy) is 2. The minimum atomic E-state index is -0.252. The van der Waals surface area contributed by atoms with Gasteiger partial charge >= 0.3 is 0 Å². The molecule has 0 amide bonds. The third-order valence-electron chi connectivity index (χ3n) is 6.79. The first kappa shape index (κ1) is 20.4. The second-order valence-corrected chi connectivity index (χ2v) is 9.36. The summed E-state index contributed by atoms with van der Waals surface area (Å²) in [6.45, 7) is 3.62. The van der Waals surface area contributed by atoms with Gasteiger partial charge in [-0.05, 0) is 44.7 Å². The number of pyridine rings is 1. The van der Waals surface area contributed by atoms with Crippen LogP contribution in [-0.4, -0.2) is 50.0 Å². The Kier molecular flexibility index (Phi) is 4.94. The predicted molar refractivity (Wildman–Crippen MR) is 124 cm³/mol. The zero-order chi connectivity index (χ0) is 22.5. The van der Waals surface area contributed by atoms with Gasteiger partial charge in [0.15, 0.2) is 11.6 Å². The Labute approximate surface area is 193 Å². The molecule has 9 heteroatoms. The van der Waals surface area contributed by atoms with Crippen molar-refractivity contribution < 1.29 is 9.47 Å². The van der Waals surface area contributed by atoms with Gasteiger partial charge in [-0.2, -0.15) is 5.10 Å². The Morgan fingerprint density at radius 2 is 2.06 bits per heavy atom. The van der Waals surface area contributed by atoms with Gasteiger partial charge < -0.3 is 20.1 Å². The van der Waals surface area contributed by atoms with E-state index in [0.717, 1.165) is 67.4 Å². The van der Waals surface area contributed by atoms with Crippen molar-refractivity contribution >= 4 is 11.6 Å². The van der Waals surface area contributed by atoms with Gasteiger partial charge in [-0.25, -0.2) is 15.0 Å². The van der Waals surface area contributed by atoms with Gasteiger partial charge in [0.05, 0.1) is 24.4 Å². The number of morpholine rings is 1. The minimum Gasteiger partial charge on any atom is -0.480 e. The Hall–Kier alpha value is -3.20. The number of nitrogens with zero attached hydrogens (tertiary/aromatic N) is 6. The molecular formula is C24H29N7O2. The van der Waals surface area contributed by atoms with Gasteiger partial charge in [0.25, 0.3) is 0 Å². The number of rotatable bonds is 6. The number of hydrogen-bond donors (Lipinski definition) is 1. The molecule has 1 aliphatic carbocycles. The van der Waals surface area contributed by atoms with Crippen LogP contribution in [0.25, 0.3) is 11.3 Å². The number of aryl methyl sites for hydroxylation is 1. The molecule has 2 N–H and O–H groups in total. The maximum atomic E-state index is 6.16. The molecule has 1 unspecified atom stereocenters. The molecule has 3 aromatic rings. The average Bonchev–Trinajstić information content (AvgIpc) is 3.61. The van der Waals surface area contributed by atoms with Crippen molar-refractivity contribution in [2.75, 3.05) is 23.8 Å². The summed E-state index contributed by atoms with van der Waals surface area (Å²) in [7, 11) is 1.89. The van der Waals surface area contributed by atoms with E-state index in [1.54, 1.807) is 10.9 Å². The first-order valence-electron chi connectivity index (χ1n) is 11.7. The fraction of sp³-hybridized carbons (Fsp3) is 0.500. The molecule has 3 saturated heterocycles. The van der Waals surface area contributed by atoms with Crippen LogP contribution in [-0.2, 0) is 11.8 Å². The predicted octanol–water partition coefficient (Wildman–Crippen LogP) is 3.24. The zero-order valence-electron chi connectivity index (χ0n) is 19.0. The van der Waals surface area contributed by atoms with Gasteiger partial charge in [0.2, 0.25) is 0 Å². The Morgan fingerprint density at radius 3 is 2.73 bits per heavy atom. The summed E-state index contributed by atoms with van der Waals surface area (Å²) in [4.78, 5) is 16.7. The third kappa shape index (κ3) is 4.01. The second kappa shape index (κ2) is 7.98. The van der Waals surface area contributed by atoms with Crippen molar-refractivity contribution in [2.24, 2.45) is 7.05 Å². The lowest BCUT2D eigenvalue weighted by atomic mass is 9.97. The first-order valence-corrected chi connectivity index (χ1v) is 11.7. The number of piperidine rings is 1. The SMILES string of the molecule is CC(Oc1cc(-c2cc(N3C[C@@H]4CC[C@H]3CO4)nc(C3CC3)n2)cnc1N)c1ccn(C)n1. The number of aromatic nitrogens is 5. The molecule has 33 heavy (non-hydrogen) atoms. The van der Waals surface area contributed by atoms with Crippen molar-refractivity contribution in [3.63, 3.8) is 0 Å². The van der Waals surface area contributed by atoms with E-state index < -0.39 is 0 Å². The van der Waals surface area contributed by atoms with Gasteiger partial charge in [-0.15, -0.1) is 0 Å². The molecule has 7 rings (SSSR count). The van der Waals surface area contributed by atoms with Gasteiger partial charge in [0, 0.05) is 43.5 Å². The van der Waals surface area contributed by atoms with Crippen LogP contribution in [0.3, 0.4) is 0 Å². The molecule has 0 spiro atoms. The topological polar surface area (TPSA) is 104 Å². The fourth-order valence-electron chi connectivity index (χ4n) is 4.69. The third-order valence-corrected chi connectivity index (χ3v) is 6.79. The number of nitrogen functional groups attached to an aromatic ring is 1. The summed E-state index contributed by atoms with van der Waals surface area (Å²) >= 11 is 0. The molecule has 4 aliphatic rings. The molecule has 172 valence electrons. The zero-order valence-corrected chi connectivity index (χ0v) is 19.0. The molecule has 4 fully saturated rings. The van der Waals surface area contributed by atoms with Crippen LogP contribution in [0.1, 0.15) is 56.1 Å². The van der Waals surface area contributed by atoms with Crippen molar-refractivity contribution in [3.05, 3.63) is 42.1 Å². The molecule has 1 saturated carbocycles. The standard InChI is InChI=1S/C24H29N7O2/c1-14(19-7-8-30(2)29-19)33-21-9-16(11-26-23(21)25)20-10-22(28-24(27-20)15-3-4-15)31-12-18-6-5-17(31)13-32-18/h7-11,14-15,17-18H,3-6,12-13H2,1-2H3,(H2,25,26)/t14?,17-,18-/m0/s1. The van der Waals surface area contributed by atoms with Gasteiger partial charge in [-0.1, -0.05) is 0 Å². The lowest BCUT2D eigenvalue weighted by molar-refractivity contribution is -0.0228. The summed E-state index contributed by atoms with van der Waals surface area (Å²) in [5, 5.41) is 4.43. The van der Waals surface area contributed by atoms with Crippen molar-refractivity contribution in [1.29, 1.82) is 0 Å². The number of anilines is 2. The number of fused-ring (bicyclic) bond motifs is 3. The summed E-state index contributed by atoms with van der Waals surface area (Å²) in [6, 6.07) is 6.32. The maximum absolute atomic E-state index is 6.16. The molecule has 0 radical (unpaired) electrons. The molecule has 6 heterocycles. The van der Waals surface area contributed by atoms with Gasteiger partial charge in [0.1, 0.15) is 23.4 Å². The summed E-state index contributed by atoms with van der Waals surface area (Å²) in [6.07, 6.45) is 8.28. The number of hydrogen-bond acceptors (Lipinski definition) is 8. The molecular weight excluding hydrogens is 418 g/mol. The average molecular weight is 448 g/mol. The normalized spacial score (nSPS) is 23.0. The van der Waals surface area contributed by atoms with Crippen molar-refractivity contribution in [3.8, 4) is 17.0 Å². The summed E-state index contributed by atoms with van der Waals surface area (Å²) in [5.74, 6) is 3.24. The van der Waals surface area contributed by atoms with E-state index in [4.69, 9.17) is 25.2 Å². The molecule has 3 atom stereocenters. The van der Waals surface area contributed by atoms with Crippen LogP contribution in [0.5, 0.6) is 5.75 Å². The van der Waals surface area contributed by atoms with E-state index >= 15 is 0 Å². The second-order valence-electron chi connectivity index (χ2n) is 9.36. The highest BCUT2D eigenvalue weighted by atomic mass is 16.5. The molecule has 3 aromatic heterocycles. The van der Waals surface area contributed by atoms with E-state index in [9.17, 15) is 0 Å². The highest BCUT2D eigenvalue weighted by molar-refractivity contribution is 5.67. The van der Waals surface area contributed by atoms with E-state index in [1.807, 2.05) is 32.3 Å². The van der Waals surface area contributed by atoms with E-state index in [0.29, 0.717) is 29.6 Å². The monoisotopic (exact) mass is 447 g/mol. The lowest BCUT2D eigenvalue weighted by Gasteiger charge is -2.45. The molecule has 3 aliphatic heterocycles. The van der Waals surface area contributed by atoms with Crippen LogP contribution < -0.4 is 15.4 Å². The largest absolute Gasteiger partial charge is 0.480 e. The van der Waals surface area contributed by atoms with Crippen LogP contribution >= 0.6 is 0 Å². The minimum absolute atomic E-state index is 0.252. The Morgan fingerprint density at radius 1 is 1.18 bits per heavy atom. The van der Waals surface area contributed by atoms with Crippen LogP contribution in [0.2, 0.25) is 0 Å².